The van der Waals surface area contributed by atoms with Gasteiger partial charge in [-0.3, -0.25) is 0 Å². The molecule has 0 radical (unpaired) electrons. The fourth-order valence-corrected chi connectivity index (χ4v) is 12.2. The predicted molar refractivity (Wildman–Crippen MR) is 222 cm³/mol. The summed E-state index contributed by atoms with van der Waals surface area (Å²) >= 11 is 5.39. The molecule has 4 saturated carbocycles. The lowest BCUT2D eigenvalue weighted by Crippen LogP contribution is -2.68. The molecule has 3 unspecified atom stereocenters. The van der Waals surface area contributed by atoms with Gasteiger partial charge >= 0.3 is 5.97 Å². The summed E-state index contributed by atoms with van der Waals surface area (Å²) in [5, 5.41) is 4.16. The number of carbonyl (C=O) groups excluding carboxylic acids is 1. The van der Waals surface area contributed by atoms with E-state index in [0.717, 1.165) is 18.3 Å². The van der Waals surface area contributed by atoms with Gasteiger partial charge in [0.2, 0.25) is 0 Å². The van der Waals surface area contributed by atoms with Gasteiger partial charge in [0, 0.05) is 5.54 Å². The van der Waals surface area contributed by atoms with Gasteiger partial charge in [-0.05, 0) is 146 Å². The summed E-state index contributed by atoms with van der Waals surface area (Å²) in [6.07, 6.45) is 49.1. The Morgan fingerprint density at radius 3 is 1.94 bits per heavy atom. The highest BCUT2D eigenvalue weighted by Gasteiger charge is 2.69. The maximum Gasteiger partial charge on any atom is 0.337 e. The molecule has 0 aliphatic heterocycles. The molecule has 6 rings (SSSR count). The lowest BCUT2D eigenvalue weighted by atomic mass is 9.33. The van der Waals surface area contributed by atoms with Crippen molar-refractivity contribution < 1.29 is 9.53 Å². The number of fused-ring (bicyclic) bond motifs is 7. The summed E-state index contributed by atoms with van der Waals surface area (Å²) in [5.74, 6) is 2.55. The fraction of sp³-hybridized carbons (Fsp3) is 0.565. The molecular formula is C46H64N2O2S. The molecule has 1 aromatic rings. The normalized spacial score (nSPS) is 34.4. The van der Waals surface area contributed by atoms with Crippen LogP contribution in [0.4, 0.5) is 0 Å². The predicted octanol–water partition coefficient (Wildman–Crippen LogP) is 10.1. The lowest BCUT2D eigenvalue weighted by molar-refractivity contribution is -0.216. The summed E-state index contributed by atoms with van der Waals surface area (Å²) in [4.78, 5) is 12.0. The first-order chi connectivity index (χ1) is 24.2. The zero-order chi connectivity index (χ0) is 39.4. The van der Waals surface area contributed by atoms with E-state index in [1.54, 1.807) is 6.08 Å². The van der Waals surface area contributed by atoms with E-state index in [1.807, 2.05) is 19.1 Å². The second-order valence-corrected chi connectivity index (χ2v) is 16.3. The quantitative estimate of drug-likeness (QED) is 0.142. The van der Waals surface area contributed by atoms with Gasteiger partial charge in [0.1, 0.15) is 0 Å². The number of hydrogen-bond acceptors (Lipinski definition) is 3. The Balaban J connectivity index is 0.00000107. The molecule has 0 bridgehead atoms. The van der Waals surface area contributed by atoms with Gasteiger partial charge in [-0.15, -0.1) is 58.0 Å². The molecule has 5 heteroatoms. The van der Waals surface area contributed by atoms with Gasteiger partial charge < -0.3 is 15.8 Å². The van der Waals surface area contributed by atoms with E-state index in [2.05, 4.69) is 116 Å². The van der Waals surface area contributed by atoms with Crippen LogP contribution in [0.2, 0.25) is 0 Å². The van der Waals surface area contributed by atoms with Crippen LogP contribution in [-0.2, 0) is 4.74 Å². The van der Waals surface area contributed by atoms with Crippen LogP contribution in [0.3, 0.4) is 0 Å². The SMILES string of the molecule is C#C.C#C.C#C.C#C.C=CC.COC(=O)c1ccc(C2=CC[C@@]3(C)C(CC[C@]4(C)C3CC[C@@H]3C5CCC[C@]5(NC(N)=S)CC[C@]34C)C2(C)C)cc1. The van der Waals surface area contributed by atoms with E-state index < -0.39 is 0 Å². The highest BCUT2D eigenvalue weighted by atomic mass is 32.1. The zero-order valence-corrected chi connectivity index (χ0v) is 33.3. The first kappa shape index (κ1) is 45.1. The summed E-state index contributed by atoms with van der Waals surface area (Å²) < 4.78 is 4.93. The Morgan fingerprint density at radius 2 is 1.41 bits per heavy atom. The van der Waals surface area contributed by atoms with Gasteiger partial charge in [-0.25, -0.2) is 4.79 Å². The molecule has 276 valence electrons. The average Bonchev–Trinajstić information content (AvgIpc) is 3.55. The van der Waals surface area contributed by atoms with Crippen molar-refractivity contribution in [1.82, 2.24) is 5.32 Å². The molecule has 3 N–H and O–H groups in total. The van der Waals surface area contributed by atoms with Crippen LogP contribution in [0, 0.1) is 96.7 Å². The largest absolute Gasteiger partial charge is 0.465 e. The van der Waals surface area contributed by atoms with Gasteiger partial charge in [0.25, 0.3) is 0 Å². The van der Waals surface area contributed by atoms with Gasteiger partial charge in [0.15, 0.2) is 5.11 Å². The second-order valence-electron chi connectivity index (χ2n) is 15.8. The van der Waals surface area contributed by atoms with Crippen LogP contribution in [-0.4, -0.2) is 23.7 Å². The number of hydrogen-bond donors (Lipinski definition) is 2. The molecule has 5 aliphatic rings. The molecule has 0 spiro atoms. The summed E-state index contributed by atoms with van der Waals surface area (Å²) in [7, 11) is 1.44. The highest BCUT2D eigenvalue weighted by Crippen LogP contribution is 2.76. The third-order valence-corrected chi connectivity index (χ3v) is 14.0. The van der Waals surface area contributed by atoms with E-state index in [0.29, 0.717) is 38.8 Å². The molecule has 1 aromatic carbocycles. The van der Waals surface area contributed by atoms with Crippen molar-refractivity contribution in [2.75, 3.05) is 7.11 Å². The summed E-state index contributed by atoms with van der Waals surface area (Å²) in [5.41, 5.74) is 10.6. The van der Waals surface area contributed by atoms with Crippen molar-refractivity contribution in [3.63, 3.8) is 0 Å². The Labute approximate surface area is 317 Å². The number of nitrogens with two attached hydrogens (primary N) is 1. The molecule has 5 aliphatic carbocycles. The van der Waals surface area contributed by atoms with Crippen molar-refractivity contribution >= 4 is 28.9 Å². The fourth-order valence-electron chi connectivity index (χ4n) is 12.0. The number of thiocarbonyl (C=S) groups is 1. The van der Waals surface area contributed by atoms with Crippen LogP contribution >= 0.6 is 12.2 Å². The van der Waals surface area contributed by atoms with Crippen molar-refractivity contribution in [3.05, 3.63) is 54.1 Å². The standard InChI is InChI=1S/C35H50N2O2S.C3H6.4C2H2/c1-31(2)24(22-9-11-23(12-10-22)29(38)39-6)15-18-32(3)27(31)16-19-34(5)28(32)14-13-25-26-8-7-17-35(26,37-30(36)40)21-20-33(25,34)4;1-3-2;4*1-2/h9-12,15,25-28H,7-8,13-14,16-21H2,1-6H3,(H3,36,37,40);3H,1H2,2H3;4*1-2H/t25-,26?,27?,28?,32+,33-,34-,35+;;;;;/m1...../s1. The Bertz CT molecular complexity index is 1440. The number of esters is 1. The molecule has 0 heterocycles. The number of allylic oxidation sites excluding steroid dienone is 3. The highest BCUT2D eigenvalue weighted by molar-refractivity contribution is 7.80. The van der Waals surface area contributed by atoms with Crippen molar-refractivity contribution in [2.24, 2.45) is 51.1 Å². The van der Waals surface area contributed by atoms with E-state index in [-0.39, 0.29) is 16.9 Å². The van der Waals surface area contributed by atoms with Crippen molar-refractivity contribution in [1.29, 1.82) is 0 Å². The molecule has 4 nitrogen and oxygen atoms in total. The number of rotatable bonds is 3. The number of methoxy groups -OCH3 is 1. The number of terminal acetylenes is 4. The summed E-state index contributed by atoms with van der Waals surface area (Å²) in [6, 6.07) is 8.09. The van der Waals surface area contributed by atoms with Crippen molar-refractivity contribution in [2.45, 2.75) is 111 Å². The summed E-state index contributed by atoms with van der Waals surface area (Å²) in [6.45, 7) is 18.3. The Hall–Kier alpha value is -3.90. The van der Waals surface area contributed by atoms with Gasteiger partial charge in [0.05, 0.1) is 12.7 Å². The maximum absolute atomic E-state index is 12.0. The topological polar surface area (TPSA) is 64.3 Å². The molecule has 51 heavy (non-hydrogen) atoms. The number of nitrogens with one attached hydrogen (secondary N) is 1. The van der Waals surface area contributed by atoms with Crippen LogP contribution in [0.5, 0.6) is 0 Å². The number of benzene rings is 1. The smallest absolute Gasteiger partial charge is 0.337 e. The molecular weight excluding hydrogens is 645 g/mol. The van der Waals surface area contributed by atoms with Gasteiger partial charge in [-0.2, -0.15) is 0 Å². The zero-order valence-electron chi connectivity index (χ0n) is 32.5. The minimum atomic E-state index is -0.272. The lowest BCUT2D eigenvalue weighted by Gasteiger charge is -2.72. The maximum atomic E-state index is 12.0. The van der Waals surface area contributed by atoms with E-state index in [1.165, 1.54) is 76.0 Å². The Kier molecular flexibility index (Phi) is 16.4. The van der Waals surface area contributed by atoms with Gasteiger partial charge in [-0.1, -0.05) is 65.3 Å². The second kappa shape index (κ2) is 18.5. The monoisotopic (exact) mass is 708 g/mol. The van der Waals surface area contributed by atoms with Crippen LogP contribution < -0.4 is 11.1 Å². The average molecular weight is 709 g/mol. The molecule has 0 saturated heterocycles. The first-order valence-corrected chi connectivity index (χ1v) is 18.5. The van der Waals surface area contributed by atoms with Crippen LogP contribution in [0.25, 0.3) is 5.57 Å². The van der Waals surface area contributed by atoms with Crippen LogP contribution in [0.1, 0.15) is 122 Å². The molecule has 0 aromatic heterocycles. The molecule has 4 fully saturated rings. The van der Waals surface area contributed by atoms with Crippen LogP contribution in [0.15, 0.2) is 43.0 Å². The van der Waals surface area contributed by atoms with Crippen molar-refractivity contribution in [3.8, 4) is 51.4 Å². The van der Waals surface area contributed by atoms with E-state index >= 15 is 0 Å². The van der Waals surface area contributed by atoms with E-state index in [9.17, 15) is 4.79 Å². The first-order valence-electron chi connectivity index (χ1n) is 18.1. The minimum absolute atomic E-state index is 0.0762. The molecule has 8 atom stereocenters. The molecule has 0 amide bonds. The number of carbonyl (C=O) groups is 1. The third-order valence-electron chi connectivity index (χ3n) is 13.9. The third kappa shape index (κ3) is 7.82. The number of ether oxygens (including phenoxy) is 1. The Morgan fingerprint density at radius 1 is 0.843 bits per heavy atom. The van der Waals surface area contributed by atoms with E-state index in [4.69, 9.17) is 22.7 Å². The minimum Gasteiger partial charge on any atom is -0.465 e.